The molecule has 6 heteroatoms. The van der Waals surface area contributed by atoms with Crippen LogP contribution in [0.15, 0.2) is 85.1 Å². The minimum absolute atomic E-state index is 0.0998. The minimum atomic E-state index is -0.807. The van der Waals surface area contributed by atoms with Crippen molar-refractivity contribution in [1.29, 1.82) is 0 Å². The maximum absolute atomic E-state index is 12.8. The molecule has 0 radical (unpaired) electrons. The van der Waals surface area contributed by atoms with Crippen molar-refractivity contribution < 1.29 is 28.6 Å². The number of esters is 3. The normalized spacial score (nSPS) is 12.7. The van der Waals surface area contributed by atoms with Crippen molar-refractivity contribution in [3.05, 3.63) is 85.1 Å². The minimum Gasteiger partial charge on any atom is -0.462 e. The van der Waals surface area contributed by atoms with Crippen molar-refractivity contribution in [1.82, 2.24) is 0 Å². The Bertz CT molecular complexity index is 1300. The van der Waals surface area contributed by atoms with Gasteiger partial charge in [-0.1, -0.05) is 247 Å². The fourth-order valence-corrected chi connectivity index (χ4v) is 7.70. The third kappa shape index (κ3) is 53.4. The molecular formula is C61H104O6. The summed E-state index contributed by atoms with van der Waals surface area (Å²) in [7, 11) is 0. The largest absolute Gasteiger partial charge is 0.462 e. The molecule has 1 unspecified atom stereocenters. The fourth-order valence-electron chi connectivity index (χ4n) is 7.70. The van der Waals surface area contributed by atoms with E-state index in [4.69, 9.17) is 14.2 Å². The number of hydrogen-bond donors (Lipinski definition) is 0. The van der Waals surface area contributed by atoms with E-state index in [0.29, 0.717) is 19.3 Å². The molecule has 67 heavy (non-hydrogen) atoms. The summed E-state index contributed by atoms with van der Waals surface area (Å²) in [6.45, 7) is 6.46. The first kappa shape index (κ1) is 63.6. The monoisotopic (exact) mass is 933 g/mol. The summed E-state index contributed by atoms with van der Waals surface area (Å²) in [4.78, 5) is 38.0. The summed E-state index contributed by atoms with van der Waals surface area (Å²) in [6, 6.07) is 0. The molecule has 0 saturated carbocycles. The van der Waals surface area contributed by atoms with E-state index in [9.17, 15) is 14.4 Å². The Morgan fingerprint density at radius 2 is 0.612 bits per heavy atom. The average molecular weight is 933 g/mol. The number of unbranched alkanes of at least 4 members (excludes halogenated alkanes) is 25. The maximum Gasteiger partial charge on any atom is 0.306 e. The summed E-state index contributed by atoms with van der Waals surface area (Å²) >= 11 is 0. The second kappa shape index (κ2) is 55.2. The van der Waals surface area contributed by atoms with Crippen molar-refractivity contribution in [2.24, 2.45) is 0 Å². The molecule has 0 heterocycles. The zero-order chi connectivity index (χ0) is 48.6. The van der Waals surface area contributed by atoms with Crippen LogP contribution in [0.25, 0.3) is 0 Å². The lowest BCUT2D eigenvalue weighted by atomic mass is 10.1. The van der Waals surface area contributed by atoms with Gasteiger partial charge >= 0.3 is 17.9 Å². The van der Waals surface area contributed by atoms with Crippen molar-refractivity contribution in [3.8, 4) is 0 Å². The van der Waals surface area contributed by atoms with Gasteiger partial charge in [-0.25, -0.2) is 0 Å². The fraction of sp³-hybridized carbons (Fsp3) is 0.721. The van der Waals surface area contributed by atoms with Gasteiger partial charge in [0.25, 0.3) is 0 Å². The van der Waals surface area contributed by atoms with Gasteiger partial charge in [0.15, 0.2) is 6.10 Å². The molecule has 0 spiro atoms. The first-order chi connectivity index (χ1) is 33.0. The Kier molecular flexibility index (Phi) is 52.4. The molecule has 0 aromatic heterocycles. The van der Waals surface area contributed by atoms with Crippen LogP contribution in [0.2, 0.25) is 0 Å². The van der Waals surface area contributed by atoms with Crippen LogP contribution < -0.4 is 0 Å². The van der Waals surface area contributed by atoms with Crippen LogP contribution in [0, 0.1) is 0 Å². The highest BCUT2D eigenvalue weighted by atomic mass is 16.6. The van der Waals surface area contributed by atoms with Crippen LogP contribution in [0.3, 0.4) is 0 Å². The number of allylic oxidation sites excluding steroid dienone is 14. The Labute approximate surface area is 414 Å². The third-order valence-corrected chi connectivity index (χ3v) is 11.9. The Morgan fingerprint density at radius 1 is 0.313 bits per heavy atom. The van der Waals surface area contributed by atoms with Gasteiger partial charge in [-0.15, -0.1) is 0 Å². The zero-order valence-electron chi connectivity index (χ0n) is 43.9. The SMILES string of the molecule is CC/C=C\C/C=C\C/C=C\C/C=C\C/C=C\C/C=C\CCC(=O)OCC(COC(=O)CCCCCCCCCCCCC)OC(=O)CCCCCCCCC/C=C\CCCCCCCCCC. The van der Waals surface area contributed by atoms with Gasteiger partial charge < -0.3 is 14.2 Å². The maximum atomic E-state index is 12.8. The lowest BCUT2D eigenvalue weighted by molar-refractivity contribution is -0.166. The molecule has 0 aromatic carbocycles. The Morgan fingerprint density at radius 3 is 1.00 bits per heavy atom. The number of carbonyl (C=O) groups excluding carboxylic acids is 3. The molecule has 6 nitrogen and oxygen atoms in total. The highest BCUT2D eigenvalue weighted by Crippen LogP contribution is 2.15. The van der Waals surface area contributed by atoms with E-state index in [2.05, 4.69) is 99.8 Å². The topological polar surface area (TPSA) is 78.9 Å². The second-order valence-corrected chi connectivity index (χ2v) is 18.5. The molecule has 0 aliphatic carbocycles. The van der Waals surface area contributed by atoms with E-state index >= 15 is 0 Å². The van der Waals surface area contributed by atoms with Crippen LogP contribution in [-0.2, 0) is 28.6 Å². The summed E-state index contributed by atoms with van der Waals surface area (Å²) in [5.74, 6) is -0.988. The molecular weight excluding hydrogens is 829 g/mol. The summed E-state index contributed by atoms with van der Waals surface area (Å²) < 4.78 is 16.8. The Balaban J connectivity index is 4.45. The average Bonchev–Trinajstić information content (AvgIpc) is 3.33. The molecule has 0 rings (SSSR count). The van der Waals surface area contributed by atoms with Crippen LogP contribution in [0.1, 0.15) is 265 Å². The van der Waals surface area contributed by atoms with E-state index in [1.165, 1.54) is 141 Å². The van der Waals surface area contributed by atoms with Crippen molar-refractivity contribution >= 4 is 17.9 Å². The quantitative estimate of drug-likeness (QED) is 0.0262. The van der Waals surface area contributed by atoms with Crippen LogP contribution in [-0.4, -0.2) is 37.2 Å². The first-order valence-corrected chi connectivity index (χ1v) is 28.1. The standard InChI is InChI=1S/C61H104O6/c1-4-7-10-13-16-19-22-24-26-28-30-32-34-36-39-42-45-48-51-54-60(63)66-57-58(56-65-59(62)53-50-47-44-41-38-21-18-15-12-9-6-3)67-61(64)55-52-49-46-43-40-37-35-33-31-29-27-25-23-20-17-14-11-8-5-2/h7,10,16,19,24,26,29-32,36,39,45,48,58H,4-6,8-9,11-15,17-18,20-23,25,27-28,33-35,37-38,40-44,46-47,49-57H2,1-3H3/b10-7-,19-16-,26-24-,31-29-,32-30-,39-36-,48-45-. The first-order valence-electron chi connectivity index (χ1n) is 28.1. The molecule has 0 bridgehead atoms. The smallest absolute Gasteiger partial charge is 0.306 e. The van der Waals surface area contributed by atoms with Gasteiger partial charge in [0.05, 0.1) is 0 Å². The molecule has 1 atom stereocenters. The van der Waals surface area contributed by atoms with E-state index in [0.717, 1.165) is 77.0 Å². The van der Waals surface area contributed by atoms with Gasteiger partial charge in [-0.3, -0.25) is 14.4 Å². The lowest BCUT2D eigenvalue weighted by Crippen LogP contribution is -2.30. The van der Waals surface area contributed by atoms with Crippen molar-refractivity contribution in [2.45, 2.75) is 271 Å². The van der Waals surface area contributed by atoms with E-state index in [1.807, 2.05) is 6.08 Å². The number of carbonyl (C=O) groups is 3. The molecule has 0 amide bonds. The second-order valence-electron chi connectivity index (χ2n) is 18.5. The number of rotatable bonds is 50. The van der Waals surface area contributed by atoms with Gasteiger partial charge in [0.1, 0.15) is 13.2 Å². The molecule has 0 aliphatic rings. The molecule has 0 N–H and O–H groups in total. The third-order valence-electron chi connectivity index (χ3n) is 11.9. The van der Waals surface area contributed by atoms with Gasteiger partial charge in [0, 0.05) is 19.3 Å². The van der Waals surface area contributed by atoms with E-state index in [1.54, 1.807) is 0 Å². The highest BCUT2D eigenvalue weighted by Gasteiger charge is 2.19. The van der Waals surface area contributed by atoms with Gasteiger partial charge in [-0.05, 0) is 83.5 Å². The molecule has 0 aliphatic heterocycles. The van der Waals surface area contributed by atoms with E-state index < -0.39 is 6.10 Å². The van der Waals surface area contributed by atoms with Gasteiger partial charge in [0.2, 0.25) is 0 Å². The number of ether oxygens (including phenoxy) is 3. The van der Waals surface area contributed by atoms with E-state index in [-0.39, 0.29) is 37.5 Å². The molecule has 0 saturated heterocycles. The van der Waals surface area contributed by atoms with Crippen LogP contribution in [0.4, 0.5) is 0 Å². The molecule has 384 valence electrons. The summed E-state index contributed by atoms with van der Waals surface area (Å²) in [5.41, 5.74) is 0. The van der Waals surface area contributed by atoms with Crippen molar-refractivity contribution in [2.75, 3.05) is 13.2 Å². The lowest BCUT2D eigenvalue weighted by Gasteiger charge is -2.18. The zero-order valence-corrected chi connectivity index (χ0v) is 43.9. The van der Waals surface area contributed by atoms with Gasteiger partial charge in [-0.2, -0.15) is 0 Å². The van der Waals surface area contributed by atoms with Crippen LogP contribution >= 0.6 is 0 Å². The molecule has 0 fully saturated rings. The number of hydrogen-bond acceptors (Lipinski definition) is 6. The van der Waals surface area contributed by atoms with Crippen LogP contribution in [0.5, 0.6) is 0 Å². The summed E-state index contributed by atoms with van der Waals surface area (Å²) in [5, 5.41) is 0. The Hall–Kier alpha value is -3.41. The predicted octanol–water partition coefficient (Wildman–Crippen LogP) is 18.8. The molecule has 0 aromatic rings. The predicted molar refractivity (Wildman–Crippen MR) is 288 cm³/mol. The highest BCUT2D eigenvalue weighted by molar-refractivity contribution is 5.71. The van der Waals surface area contributed by atoms with Crippen molar-refractivity contribution in [3.63, 3.8) is 0 Å². The summed E-state index contributed by atoms with van der Waals surface area (Å²) in [6.07, 6.45) is 71.6.